The minimum absolute atomic E-state index is 0.314. The van der Waals surface area contributed by atoms with E-state index in [1.807, 2.05) is 30.3 Å². The van der Waals surface area contributed by atoms with Crippen LogP contribution >= 0.6 is 0 Å². The molecular weight excluding hydrogens is 303 g/mol. The third-order valence-electron chi connectivity index (χ3n) is 3.71. The van der Waals surface area contributed by atoms with Crippen molar-refractivity contribution in [3.8, 4) is 11.3 Å². The van der Waals surface area contributed by atoms with Gasteiger partial charge in [-0.3, -0.25) is 4.98 Å². The number of benzene rings is 2. The fourth-order valence-electron chi connectivity index (χ4n) is 2.55. The van der Waals surface area contributed by atoms with Gasteiger partial charge in [0.25, 0.3) is 0 Å². The minimum atomic E-state index is -0.314. The number of nitrogens with one attached hydrogen (secondary N) is 1. The third-order valence-corrected chi connectivity index (χ3v) is 3.71. The van der Waals surface area contributed by atoms with E-state index in [0.717, 1.165) is 16.6 Å². The monoisotopic (exact) mass is 316 g/mol. The normalized spacial score (nSPS) is 10.7. The molecular formula is C19H13FN4. The number of nitrogens with zero attached hydrogens (tertiary/aromatic N) is 3. The van der Waals surface area contributed by atoms with Crippen molar-refractivity contribution in [3.05, 3.63) is 78.7 Å². The maximum absolute atomic E-state index is 13.8. The van der Waals surface area contributed by atoms with Gasteiger partial charge in [-0.2, -0.15) is 0 Å². The summed E-state index contributed by atoms with van der Waals surface area (Å²) in [6.45, 7) is 0. The van der Waals surface area contributed by atoms with Crippen LogP contribution in [0.25, 0.3) is 22.2 Å². The Morgan fingerprint density at radius 1 is 0.792 bits per heavy atom. The van der Waals surface area contributed by atoms with Crippen LogP contribution in [0.1, 0.15) is 0 Å². The zero-order valence-corrected chi connectivity index (χ0v) is 12.6. The molecule has 0 bridgehead atoms. The Morgan fingerprint density at radius 2 is 1.67 bits per heavy atom. The molecule has 2 aromatic carbocycles. The molecule has 0 unspecified atom stereocenters. The zero-order valence-electron chi connectivity index (χ0n) is 12.6. The number of anilines is 2. The summed E-state index contributed by atoms with van der Waals surface area (Å²) >= 11 is 0. The first-order valence-electron chi connectivity index (χ1n) is 7.51. The molecule has 4 nitrogen and oxygen atoms in total. The van der Waals surface area contributed by atoms with Crippen molar-refractivity contribution in [3.63, 3.8) is 0 Å². The summed E-state index contributed by atoms with van der Waals surface area (Å²) in [4.78, 5) is 4.39. The van der Waals surface area contributed by atoms with Gasteiger partial charge in [-0.05, 0) is 36.4 Å². The molecule has 0 aliphatic carbocycles. The first kappa shape index (κ1) is 14.3. The number of rotatable bonds is 3. The fourth-order valence-corrected chi connectivity index (χ4v) is 2.55. The number of halogens is 1. The Morgan fingerprint density at radius 3 is 2.50 bits per heavy atom. The van der Waals surface area contributed by atoms with Crippen LogP contribution in [-0.2, 0) is 0 Å². The molecule has 0 saturated heterocycles. The molecule has 2 aromatic heterocycles. The van der Waals surface area contributed by atoms with Gasteiger partial charge in [-0.25, -0.2) is 4.39 Å². The Balaban J connectivity index is 1.65. The molecule has 0 spiro atoms. The van der Waals surface area contributed by atoms with E-state index in [0.29, 0.717) is 17.1 Å². The minimum Gasteiger partial charge on any atom is -0.337 e. The molecule has 116 valence electrons. The number of aromatic nitrogens is 3. The first-order chi connectivity index (χ1) is 11.8. The van der Waals surface area contributed by atoms with Crippen molar-refractivity contribution in [1.82, 2.24) is 15.2 Å². The molecule has 0 saturated carbocycles. The summed E-state index contributed by atoms with van der Waals surface area (Å²) < 4.78 is 13.8. The van der Waals surface area contributed by atoms with E-state index in [1.54, 1.807) is 36.5 Å². The van der Waals surface area contributed by atoms with E-state index in [4.69, 9.17) is 0 Å². The Bertz CT molecular complexity index is 994. The van der Waals surface area contributed by atoms with Gasteiger partial charge in [0.1, 0.15) is 5.82 Å². The van der Waals surface area contributed by atoms with Gasteiger partial charge >= 0.3 is 0 Å². The highest BCUT2D eigenvalue weighted by Crippen LogP contribution is 2.25. The molecule has 4 rings (SSSR count). The predicted octanol–water partition coefficient (Wildman–Crippen LogP) is 4.57. The van der Waals surface area contributed by atoms with Crippen molar-refractivity contribution in [2.45, 2.75) is 0 Å². The Hall–Kier alpha value is -3.34. The van der Waals surface area contributed by atoms with Gasteiger partial charge in [0.15, 0.2) is 5.82 Å². The molecule has 0 aliphatic heterocycles. The van der Waals surface area contributed by atoms with Gasteiger partial charge in [-0.15, -0.1) is 10.2 Å². The van der Waals surface area contributed by atoms with E-state index in [-0.39, 0.29) is 5.82 Å². The summed E-state index contributed by atoms with van der Waals surface area (Å²) in [5.41, 5.74) is 2.64. The highest BCUT2D eigenvalue weighted by atomic mass is 19.1. The molecule has 24 heavy (non-hydrogen) atoms. The van der Waals surface area contributed by atoms with Crippen molar-refractivity contribution < 1.29 is 4.39 Å². The topological polar surface area (TPSA) is 50.7 Å². The quantitative estimate of drug-likeness (QED) is 0.601. The molecule has 0 amide bonds. The van der Waals surface area contributed by atoms with E-state index >= 15 is 0 Å². The van der Waals surface area contributed by atoms with E-state index in [1.165, 1.54) is 6.07 Å². The number of hydrogen-bond acceptors (Lipinski definition) is 4. The van der Waals surface area contributed by atoms with Gasteiger partial charge in [0.2, 0.25) is 0 Å². The second kappa shape index (κ2) is 6.04. The van der Waals surface area contributed by atoms with Crippen molar-refractivity contribution in [2.24, 2.45) is 0 Å². The summed E-state index contributed by atoms with van der Waals surface area (Å²) in [5, 5.41) is 12.5. The van der Waals surface area contributed by atoms with E-state index < -0.39 is 0 Å². The number of pyridine rings is 1. The Labute approximate surface area is 138 Å². The van der Waals surface area contributed by atoms with Crippen molar-refractivity contribution in [1.29, 1.82) is 0 Å². The second-order valence-corrected chi connectivity index (χ2v) is 5.29. The Kier molecular flexibility index (Phi) is 3.59. The van der Waals surface area contributed by atoms with Crippen molar-refractivity contribution >= 4 is 22.4 Å². The molecule has 2 heterocycles. The summed E-state index contributed by atoms with van der Waals surface area (Å²) in [7, 11) is 0. The standard InChI is InChI=1S/C19H13FN4/c20-15-8-2-1-7-14(15)16-10-11-18(24-23-16)22-17-9-3-5-13-6-4-12-21-19(13)17/h1-12H,(H,22,24). The second-order valence-electron chi connectivity index (χ2n) is 5.29. The van der Waals surface area contributed by atoms with Crippen LogP contribution in [0, 0.1) is 5.82 Å². The van der Waals surface area contributed by atoms with Crippen LogP contribution in [0.2, 0.25) is 0 Å². The third kappa shape index (κ3) is 2.67. The summed E-state index contributed by atoms with van der Waals surface area (Å²) in [6.07, 6.45) is 1.75. The van der Waals surface area contributed by atoms with Crippen LogP contribution in [0.15, 0.2) is 72.9 Å². The number of fused-ring (bicyclic) bond motifs is 1. The molecule has 0 atom stereocenters. The average molecular weight is 316 g/mol. The van der Waals surface area contributed by atoms with Gasteiger partial charge in [-0.1, -0.05) is 30.3 Å². The number of hydrogen-bond donors (Lipinski definition) is 1. The van der Waals surface area contributed by atoms with Gasteiger partial charge in [0, 0.05) is 17.1 Å². The van der Waals surface area contributed by atoms with Crippen LogP contribution in [0.4, 0.5) is 15.9 Å². The molecule has 0 radical (unpaired) electrons. The zero-order chi connectivity index (χ0) is 16.4. The van der Waals surface area contributed by atoms with Gasteiger partial charge < -0.3 is 5.32 Å². The largest absolute Gasteiger partial charge is 0.337 e. The van der Waals surface area contributed by atoms with Crippen molar-refractivity contribution in [2.75, 3.05) is 5.32 Å². The van der Waals surface area contributed by atoms with Crippen LogP contribution in [0.5, 0.6) is 0 Å². The molecule has 0 aliphatic rings. The maximum atomic E-state index is 13.8. The lowest BCUT2D eigenvalue weighted by Crippen LogP contribution is -1.98. The fraction of sp³-hybridized carbons (Fsp3) is 0. The molecule has 5 heteroatoms. The van der Waals surface area contributed by atoms with E-state index in [9.17, 15) is 4.39 Å². The lowest BCUT2D eigenvalue weighted by molar-refractivity contribution is 0.630. The summed E-state index contributed by atoms with van der Waals surface area (Å²) in [6, 6.07) is 19.8. The highest BCUT2D eigenvalue weighted by molar-refractivity contribution is 5.91. The average Bonchev–Trinajstić information content (AvgIpc) is 2.63. The molecule has 1 N–H and O–H groups in total. The van der Waals surface area contributed by atoms with Crippen LogP contribution < -0.4 is 5.32 Å². The maximum Gasteiger partial charge on any atom is 0.153 e. The van der Waals surface area contributed by atoms with Crippen LogP contribution in [0.3, 0.4) is 0 Å². The smallest absolute Gasteiger partial charge is 0.153 e. The number of para-hydroxylation sites is 1. The first-order valence-corrected chi connectivity index (χ1v) is 7.51. The summed E-state index contributed by atoms with van der Waals surface area (Å²) in [5.74, 6) is 0.263. The lowest BCUT2D eigenvalue weighted by atomic mass is 10.1. The predicted molar refractivity (Wildman–Crippen MR) is 92.5 cm³/mol. The van der Waals surface area contributed by atoms with E-state index in [2.05, 4.69) is 20.5 Å². The molecule has 4 aromatic rings. The SMILES string of the molecule is Fc1ccccc1-c1ccc(Nc2cccc3cccnc23)nn1. The molecule has 0 fully saturated rings. The van der Waals surface area contributed by atoms with Gasteiger partial charge in [0.05, 0.1) is 16.9 Å². The van der Waals surface area contributed by atoms with Crippen LogP contribution in [-0.4, -0.2) is 15.2 Å². The lowest BCUT2D eigenvalue weighted by Gasteiger charge is -2.08. The highest BCUT2D eigenvalue weighted by Gasteiger charge is 2.07.